The van der Waals surface area contributed by atoms with Crippen LogP contribution in [-0.4, -0.2) is 52.0 Å². The number of esters is 1. The molecule has 0 bridgehead atoms. The standard InChI is InChI=1S/C17H20ClN5O4/c1-4-19-16(25)11(3)20-14(24)9-27-17(26)15-10(2)21-23(22-15)13-7-5-6-12(18)8-13/h5-8,11H,4,9H2,1-3H3,(H,19,25)(H,20,24)/t11-/m1/s1. The van der Waals surface area contributed by atoms with E-state index in [2.05, 4.69) is 20.8 Å². The molecule has 0 aliphatic carbocycles. The van der Waals surface area contributed by atoms with Crippen LogP contribution < -0.4 is 10.6 Å². The first kappa shape index (κ1) is 20.4. The number of nitrogens with zero attached hydrogens (tertiary/aromatic N) is 3. The zero-order valence-electron chi connectivity index (χ0n) is 15.2. The Morgan fingerprint density at radius 1 is 1.30 bits per heavy atom. The second kappa shape index (κ2) is 9.13. The molecular formula is C17H20ClN5O4. The molecule has 2 N–H and O–H groups in total. The lowest BCUT2D eigenvalue weighted by atomic mass is 10.3. The fraction of sp³-hybridized carbons (Fsp3) is 0.353. The highest BCUT2D eigenvalue weighted by Gasteiger charge is 2.20. The number of benzene rings is 1. The second-order valence-electron chi connectivity index (χ2n) is 5.66. The van der Waals surface area contributed by atoms with Crippen molar-refractivity contribution in [1.82, 2.24) is 25.6 Å². The van der Waals surface area contributed by atoms with Gasteiger partial charge in [0.15, 0.2) is 12.3 Å². The molecule has 2 aromatic rings. The van der Waals surface area contributed by atoms with Gasteiger partial charge < -0.3 is 15.4 Å². The molecule has 1 atom stereocenters. The molecule has 0 unspecified atom stereocenters. The fourth-order valence-electron chi connectivity index (χ4n) is 2.16. The summed E-state index contributed by atoms with van der Waals surface area (Å²) in [6.07, 6.45) is 0. The molecule has 0 fully saturated rings. The molecule has 2 rings (SSSR count). The van der Waals surface area contributed by atoms with Crippen LogP contribution in [0, 0.1) is 6.92 Å². The van der Waals surface area contributed by atoms with Crippen LogP contribution in [0.5, 0.6) is 0 Å². The van der Waals surface area contributed by atoms with Crippen molar-refractivity contribution in [2.24, 2.45) is 0 Å². The topological polar surface area (TPSA) is 115 Å². The predicted molar refractivity (Wildman–Crippen MR) is 97.7 cm³/mol. The fourth-order valence-corrected chi connectivity index (χ4v) is 2.34. The average molecular weight is 394 g/mol. The van der Waals surface area contributed by atoms with Crippen LogP contribution in [0.2, 0.25) is 5.02 Å². The third-order valence-corrected chi connectivity index (χ3v) is 3.71. The summed E-state index contributed by atoms with van der Waals surface area (Å²) in [7, 11) is 0. The molecular weight excluding hydrogens is 374 g/mol. The lowest BCUT2D eigenvalue weighted by molar-refractivity contribution is -0.130. The highest BCUT2D eigenvalue weighted by Crippen LogP contribution is 2.14. The van der Waals surface area contributed by atoms with E-state index in [4.69, 9.17) is 16.3 Å². The molecule has 0 spiro atoms. The van der Waals surface area contributed by atoms with Crippen LogP contribution in [0.3, 0.4) is 0 Å². The van der Waals surface area contributed by atoms with Gasteiger partial charge in [-0.15, -0.1) is 5.10 Å². The van der Waals surface area contributed by atoms with Crippen molar-refractivity contribution in [2.75, 3.05) is 13.2 Å². The van der Waals surface area contributed by atoms with Crippen molar-refractivity contribution in [3.8, 4) is 5.69 Å². The Hall–Kier alpha value is -2.94. The molecule has 9 nitrogen and oxygen atoms in total. The number of likely N-dealkylation sites (N-methyl/N-ethyl adjacent to an activating group) is 1. The van der Waals surface area contributed by atoms with Gasteiger partial charge in [-0.1, -0.05) is 17.7 Å². The van der Waals surface area contributed by atoms with Crippen LogP contribution in [-0.2, 0) is 14.3 Å². The zero-order chi connectivity index (χ0) is 20.0. The SMILES string of the molecule is CCNC(=O)[C@@H](C)NC(=O)COC(=O)c1nn(-c2cccc(Cl)c2)nc1C. The highest BCUT2D eigenvalue weighted by molar-refractivity contribution is 6.30. The van der Waals surface area contributed by atoms with E-state index in [0.29, 0.717) is 22.9 Å². The van der Waals surface area contributed by atoms with Gasteiger partial charge in [0, 0.05) is 11.6 Å². The third-order valence-electron chi connectivity index (χ3n) is 3.47. The van der Waals surface area contributed by atoms with Gasteiger partial charge in [0.2, 0.25) is 5.91 Å². The van der Waals surface area contributed by atoms with E-state index in [1.54, 1.807) is 38.1 Å². The van der Waals surface area contributed by atoms with Gasteiger partial charge in [0.05, 0.1) is 11.4 Å². The van der Waals surface area contributed by atoms with Crippen molar-refractivity contribution in [1.29, 1.82) is 0 Å². The van der Waals surface area contributed by atoms with Crippen molar-refractivity contribution >= 4 is 29.4 Å². The number of aromatic nitrogens is 3. The van der Waals surface area contributed by atoms with Crippen LogP contribution >= 0.6 is 11.6 Å². The van der Waals surface area contributed by atoms with E-state index < -0.39 is 24.5 Å². The number of rotatable bonds is 7. The van der Waals surface area contributed by atoms with Crippen molar-refractivity contribution < 1.29 is 19.1 Å². The van der Waals surface area contributed by atoms with E-state index in [1.165, 1.54) is 11.7 Å². The summed E-state index contributed by atoms with van der Waals surface area (Å²) in [4.78, 5) is 36.8. The maximum Gasteiger partial charge on any atom is 0.361 e. The molecule has 0 saturated heterocycles. The van der Waals surface area contributed by atoms with Gasteiger partial charge in [0.25, 0.3) is 5.91 Å². The summed E-state index contributed by atoms with van der Waals surface area (Å²) in [6, 6.07) is 6.08. The monoisotopic (exact) mass is 393 g/mol. The van der Waals surface area contributed by atoms with Gasteiger partial charge in [-0.05, 0) is 39.0 Å². The van der Waals surface area contributed by atoms with Crippen molar-refractivity contribution in [3.05, 3.63) is 40.7 Å². The maximum atomic E-state index is 12.2. The number of aryl methyl sites for hydroxylation is 1. The van der Waals surface area contributed by atoms with Crippen LogP contribution in [0.25, 0.3) is 5.69 Å². The van der Waals surface area contributed by atoms with Gasteiger partial charge in [-0.2, -0.15) is 9.90 Å². The van der Waals surface area contributed by atoms with E-state index in [0.717, 1.165) is 0 Å². The normalized spacial score (nSPS) is 11.6. The average Bonchev–Trinajstić information content (AvgIpc) is 3.01. The Morgan fingerprint density at radius 2 is 2.04 bits per heavy atom. The summed E-state index contributed by atoms with van der Waals surface area (Å²) in [5.41, 5.74) is 0.911. The number of carbonyl (C=O) groups is 3. The summed E-state index contributed by atoms with van der Waals surface area (Å²) in [5, 5.41) is 13.8. The Morgan fingerprint density at radius 3 is 2.70 bits per heavy atom. The number of hydrogen-bond donors (Lipinski definition) is 2. The first-order valence-corrected chi connectivity index (χ1v) is 8.63. The quantitative estimate of drug-likeness (QED) is 0.679. The maximum absolute atomic E-state index is 12.2. The Kier molecular flexibility index (Phi) is 6.89. The van der Waals surface area contributed by atoms with E-state index in [9.17, 15) is 14.4 Å². The van der Waals surface area contributed by atoms with Crippen molar-refractivity contribution in [2.45, 2.75) is 26.8 Å². The number of ether oxygens (including phenoxy) is 1. The number of halogens is 1. The lowest BCUT2D eigenvalue weighted by Crippen LogP contribution is -2.46. The Labute approximate surface area is 161 Å². The Balaban J connectivity index is 1.96. The van der Waals surface area contributed by atoms with Crippen molar-refractivity contribution in [3.63, 3.8) is 0 Å². The molecule has 1 aromatic heterocycles. The van der Waals surface area contributed by atoms with Gasteiger partial charge >= 0.3 is 5.97 Å². The highest BCUT2D eigenvalue weighted by atomic mass is 35.5. The molecule has 144 valence electrons. The number of amides is 2. The molecule has 2 amide bonds. The number of nitrogens with one attached hydrogen (secondary N) is 2. The molecule has 0 aliphatic heterocycles. The van der Waals surface area contributed by atoms with Crippen LogP contribution in [0.15, 0.2) is 24.3 Å². The summed E-state index contributed by atoms with van der Waals surface area (Å²) in [5.74, 6) is -1.71. The lowest BCUT2D eigenvalue weighted by Gasteiger charge is -2.13. The Bertz CT molecular complexity index is 852. The van der Waals surface area contributed by atoms with E-state index in [1.807, 2.05) is 0 Å². The first-order chi connectivity index (χ1) is 12.8. The minimum atomic E-state index is -0.790. The molecule has 0 saturated carbocycles. The number of hydrogen-bond acceptors (Lipinski definition) is 6. The third kappa shape index (κ3) is 5.52. The summed E-state index contributed by atoms with van der Waals surface area (Å²) < 4.78 is 4.96. The van der Waals surface area contributed by atoms with E-state index >= 15 is 0 Å². The largest absolute Gasteiger partial charge is 0.451 e. The van der Waals surface area contributed by atoms with Crippen LogP contribution in [0.1, 0.15) is 30.0 Å². The van der Waals surface area contributed by atoms with Crippen LogP contribution in [0.4, 0.5) is 0 Å². The second-order valence-corrected chi connectivity index (χ2v) is 6.10. The zero-order valence-corrected chi connectivity index (χ0v) is 15.9. The molecule has 1 heterocycles. The summed E-state index contributed by atoms with van der Waals surface area (Å²) in [6.45, 7) is 4.82. The predicted octanol–water partition coefficient (Wildman–Crippen LogP) is 1.03. The van der Waals surface area contributed by atoms with Gasteiger partial charge in [-0.25, -0.2) is 4.79 Å². The van der Waals surface area contributed by atoms with Gasteiger partial charge in [-0.3, -0.25) is 9.59 Å². The molecule has 0 radical (unpaired) electrons. The molecule has 10 heteroatoms. The number of carbonyl (C=O) groups excluding carboxylic acids is 3. The first-order valence-electron chi connectivity index (χ1n) is 8.26. The minimum absolute atomic E-state index is 0.0143. The van der Waals surface area contributed by atoms with E-state index in [-0.39, 0.29) is 11.6 Å². The molecule has 1 aromatic carbocycles. The summed E-state index contributed by atoms with van der Waals surface area (Å²) >= 11 is 5.94. The smallest absolute Gasteiger partial charge is 0.361 e. The minimum Gasteiger partial charge on any atom is -0.451 e. The van der Waals surface area contributed by atoms with Gasteiger partial charge in [0.1, 0.15) is 6.04 Å². The molecule has 0 aliphatic rings. The molecule has 27 heavy (non-hydrogen) atoms.